The molecule has 0 aromatic heterocycles. The minimum Gasteiger partial charge on any atom is -0.396 e. The Bertz CT molecular complexity index is 474. The first-order valence-electron chi connectivity index (χ1n) is 7.21. The summed E-state index contributed by atoms with van der Waals surface area (Å²) in [4.78, 5) is 13.0. The minimum atomic E-state index is -0.319. The molecule has 0 amide bonds. The van der Waals surface area contributed by atoms with E-state index in [1.807, 2.05) is 13.0 Å². The van der Waals surface area contributed by atoms with E-state index >= 15 is 0 Å². The molecule has 1 fully saturated rings. The summed E-state index contributed by atoms with van der Waals surface area (Å²) in [5, 5.41) is 20.1. The van der Waals surface area contributed by atoms with Gasteiger partial charge in [0.1, 0.15) is 0 Å². The lowest BCUT2D eigenvalue weighted by Gasteiger charge is -2.35. The maximum atomic E-state index is 11.0. The monoisotopic (exact) mass is 278 g/mol. The van der Waals surface area contributed by atoms with E-state index in [1.54, 1.807) is 12.1 Å². The molecule has 1 unspecified atom stereocenters. The Morgan fingerprint density at radius 1 is 1.45 bits per heavy atom. The van der Waals surface area contributed by atoms with Gasteiger partial charge in [0.25, 0.3) is 5.69 Å². The van der Waals surface area contributed by atoms with E-state index in [0.717, 1.165) is 43.5 Å². The largest absolute Gasteiger partial charge is 0.396 e. The summed E-state index contributed by atoms with van der Waals surface area (Å²) >= 11 is 0. The highest BCUT2D eigenvalue weighted by atomic mass is 16.6. The topological polar surface area (TPSA) is 66.6 Å². The third-order valence-electron chi connectivity index (χ3n) is 4.20. The maximum absolute atomic E-state index is 11.0. The molecular weight excluding hydrogens is 256 g/mol. The average molecular weight is 278 g/mol. The van der Waals surface area contributed by atoms with Gasteiger partial charge in [-0.1, -0.05) is 18.6 Å². The van der Waals surface area contributed by atoms with Crippen LogP contribution in [0.4, 0.5) is 5.69 Å². The molecule has 5 nitrogen and oxygen atoms in total. The van der Waals surface area contributed by atoms with Crippen LogP contribution in [0, 0.1) is 17.0 Å². The highest BCUT2D eigenvalue weighted by Crippen LogP contribution is 2.26. The van der Waals surface area contributed by atoms with Crippen LogP contribution in [0.5, 0.6) is 0 Å². The highest BCUT2D eigenvalue weighted by Gasteiger charge is 2.23. The molecule has 1 atom stereocenters. The lowest BCUT2D eigenvalue weighted by molar-refractivity contribution is -0.385. The first kappa shape index (κ1) is 14.9. The summed E-state index contributed by atoms with van der Waals surface area (Å²) in [5.74, 6) is 0. The number of nitro groups is 1. The third-order valence-corrected chi connectivity index (χ3v) is 4.20. The lowest BCUT2D eigenvalue weighted by Crippen LogP contribution is -2.39. The molecule has 0 radical (unpaired) electrons. The SMILES string of the molecule is Cc1c(CN2CCCCC2CCO)cccc1[N+](=O)[O-]. The van der Waals surface area contributed by atoms with Crippen LogP contribution < -0.4 is 0 Å². The van der Waals surface area contributed by atoms with Crippen molar-refractivity contribution in [3.63, 3.8) is 0 Å². The average Bonchev–Trinajstić information content (AvgIpc) is 2.43. The van der Waals surface area contributed by atoms with Gasteiger partial charge in [-0.25, -0.2) is 0 Å². The Morgan fingerprint density at radius 3 is 2.95 bits per heavy atom. The summed E-state index contributed by atoms with van der Waals surface area (Å²) in [6, 6.07) is 5.67. The van der Waals surface area contributed by atoms with Crippen LogP contribution in [-0.4, -0.2) is 34.1 Å². The van der Waals surface area contributed by atoms with E-state index < -0.39 is 0 Å². The fourth-order valence-corrected chi connectivity index (χ4v) is 3.00. The molecule has 1 N–H and O–H groups in total. The van der Waals surface area contributed by atoms with E-state index in [2.05, 4.69) is 4.90 Å². The number of aliphatic hydroxyl groups is 1. The van der Waals surface area contributed by atoms with Crippen LogP contribution in [0.1, 0.15) is 36.8 Å². The number of likely N-dealkylation sites (tertiary alicyclic amines) is 1. The molecule has 1 aliphatic heterocycles. The Hall–Kier alpha value is -1.46. The number of benzene rings is 1. The van der Waals surface area contributed by atoms with Gasteiger partial charge in [-0.2, -0.15) is 0 Å². The smallest absolute Gasteiger partial charge is 0.272 e. The predicted molar refractivity (Wildman–Crippen MR) is 77.6 cm³/mol. The Labute approximate surface area is 119 Å². The summed E-state index contributed by atoms with van der Waals surface area (Å²) in [7, 11) is 0. The molecule has 2 rings (SSSR count). The predicted octanol–water partition coefficient (Wildman–Crippen LogP) is 2.64. The van der Waals surface area contributed by atoms with Gasteiger partial charge in [0, 0.05) is 30.8 Å². The highest BCUT2D eigenvalue weighted by molar-refractivity contribution is 5.44. The minimum absolute atomic E-state index is 0.193. The van der Waals surface area contributed by atoms with E-state index in [4.69, 9.17) is 5.11 Å². The van der Waals surface area contributed by atoms with Crippen molar-refractivity contribution in [2.75, 3.05) is 13.2 Å². The zero-order chi connectivity index (χ0) is 14.5. The molecule has 0 saturated carbocycles. The number of hydrogen-bond donors (Lipinski definition) is 1. The number of rotatable bonds is 5. The first-order chi connectivity index (χ1) is 9.63. The van der Waals surface area contributed by atoms with Gasteiger partial charge in [-0.3, -0.25) is 15.0 Å². The molecule has 0 aliphatic carbocycles. The summed E-state index contributed by atoms with van der Waals surface area (Å²) in [6.07, 6.45) is 4.26. The standard InChI is InChI=1S/C15H22N2O3/c1-12-13(5-4-7-15(12)17(19)20)11-16-9-3-2-6-14(16)8-10-18/h4-5,7,14,18H,2-3,6,8-11H2,1H3. The second-order valence-corrected chi connectivity index (χ2v) is 5.45. The van der Waals surface area contributed by atoms with E-state index in [-0.39, 0.29) is 17.2 Å². The molecule has 1 aliphatic rings. The van der Waals surface area contributed by atoms with Crippen molar-refractivity contribution in [2.45, 2.75) is 45.2 Å². The van der Waals surface area contributed by atoms with E-state index in [0.29, 0.717) is 6.04 Å². The van der Waals surface area contributed by atoms with Crippen molar-refractivity contribution >= 4 is 5.69 Å². The molecule has 1 saturated heterocycles. The molecule has 1 aromatic rings. The number of nitrogens with zero attached hydrogens (tertiary/aromatic N) is 2. The number of aliphatic hydroxyl groups excluding tert-OH is 1. The molecule has 0 spiro atoms. The maximum Gasteiger partial charge on any atom is 0.272 e. The second kappa shape index (κ2) is 6.81. The Morgan fingerprint density at radius 2 is 2.25 bits per heavy atom. The van der Waals surface area contributed by atoms with Crippen molar-refractivity contribution in [3.8, 4) is 0 Å². The number of nitro benzene ring substituents is 1. The van der Waals surface area contributed by atoms with Gasteiger partial charge >= 0.3 is 0 Å². The fourth-order valence-electron chi connectivity index (χ4n) is 3.00. The number of piperidine rings is 1. The van der Waals surface area contributed by atoms with Gasteiger partial charge in [0.15, 0.2) is 0 Å². The quantitative estimate of drug-likeness (QED) is 0.664. The lowest BCUT2D eigenvalue weighted by atomic mass is 9.97. The first-order valence-corrected chi connectivity index (χ1v) is 7.21. The molecule has 20 heavy (non-hydrogen) atoms. The van der Waals surface area contributed by atoms with Crippen molar-refractivity contribution < 1.29 is 10.0 Å². The van der Waals surface area contributed by atoms with Gasteiger partial charge in [-0.15, -0.1) is 0 Å². The van der Waals surface area contributed by atoms with Crippen molar-refractivity contribution in [1.82, 2.24) is 4.90 Å². The fraction of sp³-hybridized carbons (Fsp3) is 0.600. The molecule has 110 valence electrons. The van der Waals surface area contributed by atoms with Crippen LogP contribution in [0.2, 0.25) is 0 Å². The molecule has 1 aromatic carbocycles. The zero-order valence-electron chi connectivity index (χ0n) is 11.9. The van der Waals surface area contributed by atoms with Crippen molar-refractivity contribution in [1.29, 1.82) is 0 Å². The van der Waals surface area contributed by atoms with Gasteiger partial charge in [0.2, 0.25) is 0 Å². The summed E-state index contributed by atoms with van der Waals surface area (Å²) < 4.78 is 0. The van der Waals surface area contributed by atoms with Crippen LogP contribution in [0.15, 0.2) is 18.2 Å². The van der Waals surface area contributed by atoms with Crippen LogP contribution >= 0.6 is 0 Å². The van der Waals surface area contributed by atoms with Gasteiger partial charge in [-0.05, 0) is 38.3 Å². The van der Waals surface area contributed by atoms with Gasteiger partial charge < -0.3 is 5.11 Å². The van der Waals surface area contributed by atoms with Gasteiger partial charge in [0.05, 0.1) is 4.92 Å². The van der Waals surface area contributed by atoms with Crippen molar-refractivity contribution in [2.24, 2.45) is 0 Å². The Balaban J connectivity index is 2.16. The normalized spacial score (nSPS) is 20.0. The van der Waals surface area contributed by atoms with Crippen molar-refractivity contribution in [3.05, 3.63) is 39.4 Å². The molecule has 0 bridgehead atoms. The summed E-state index contributed by atoms with van der Waals surface area (Å²) in [6.45, 7) is 3.76. The van der Waals surface area contributed by atoms with E-state index in [1.165, 1.54) is 6.42 Å². The molecule has 1 heterocycles. The van der Waals surface area contributed by atoms with Crippen LogP contribution in [-0.2, 0) is 6.54 Å². The summed E-state index contributed by atoms with van der Waals surface area (Å²) in [5.41, 5.74) is 1.97. The molecule has 5 heteroatoms. The zero-order valence-corrected chi connectivity index (χ0v) is 11.9. The van der Waals surface area contributed by atoms with Crippen LogP contribution in [0.3, 0.4) is 0 Å². The molecular formula is C15H22N2O3. The van der Waals surface area contributed by atoms with E-state index in [9.17, 15) is 10.1 Å². The third kappa shape index (κ3) is 3.35. The van der Waals surface area contributed by atoms with Crippen LogP contribution in [0.25, 0.3) is 0 Å². The Kier molecular flexibility index (Phi) is 5.09. The second-order valence-electron chi connectivity index (χ2n) is 5.45. The number of hydrogen-bond acceptors (Lipinski definition) is 4.